The van der Waals surface area contributed by atoms with Gasteiger partial charge in [0.15, 0.2) is 0 Å². The van der Waals surface area contributed by atoms with Gasteiger partial charge in [0.25, 0.3) is 0 Å². The van der Waals surface area contributed by atoms with Crippen LogP contribution in [-0.2, 0) is 31.4 Å². The van der Waals surface area contributed by atoms with Crippen molar-refractivity contribution < 1.29 is 26.4 Å². The van der Waals surface area contributed by atoms with Gasteiger partial charge in [-0.1, -0.05) is 23.7 Å². The minimum Gasteiger partial charge on any atom is -0.495 e. The van der Waals surface area contributed by atoms with Crippen molar-refractivity contribution >= 4 is 37.6 Å². The van der Waals surface area contributed by atoms with Crippen LogP contribution in [0.1, 0.15) is 18.4 Å². The highest BCUT2D eigenvalue weighted by molar-refractivity contribution is 7.89. The summed E-state index contributed by atoms with van der Waals surface area (Å²) in [6.45, 7) is 0.591. The van der Waals surface area contributed by atoms with Gasteiger partial charge in [0.2, 0.25) is 26.0 Å². The standard InChI is InChI=1S/C22H28ClN3O6S2/c1-25(2)33(28,29)18-8-6-16(7-9-18)14-24-22(27)17-5-4-12-26(15-17)34(30,31)19-10-11-21(32-3)20(23)13-19/h6-11,13,17H,4-5,12,14-15H2,1-3H3,(H,24,27). The van der Waals surface area contributed by atoms with Crippen molar-refractivity contribution in [1.82, 2.24) is 13.9 Å². The monoisotopic (exact) mass is 529 g/mol. The maximum absolute atomic E-state index is 13.1. The molecular weight excluding hydrogens is 502 g/mol. The number of halogens is 1. The Balaban J connectivity index is 1.64. The van der Waals surface area contributed by atoms with E-state index in [1.54, 1.807) is 12.1 Å². The van der Waals surface area contributed by atoms with Gasteiger partial charge in [-0.15, -0.1) is 0 Å². The van der Waals surface area contributed by atoms with Gasteiger partial charge in [-0.2, -0.15) is 4.31 Å². The second-order valence-corrected chi connectivity index (χ2v) is 12.6. The molecule has 0 aromatic heterocycles. The summed E-state index contributed by atoms with van der Waals surface area (Å²) >= 11 is 6.10. The number of sulfonamides is 2. The summed E-state index contributed by atoms with van der Waals surface area (Å²) in [6, 6.07) is 10.5. The zero-order valence-corrected chi connectivity index (χ0v) is 21.6. The highest BCUT2D eigenvalue weighted by Crippen LogP contribution is 2.30. The third-order valence-corrected chi connectivity index (χ3v) is 9.67. The SMILES string of the molecule is COc1ccc(S(=O)(=O)N2CCCC(C(=O)NCc3ccc(S(=O)(=O)N(C)C)cc3)C2)cc1Cl. The lowest BCUT2D eigenvalue weighted by atomic mass is 9.99. The Morgan fingerprint density at radius 1 is 1.12 bits per heavy atom. The molecule has 1 aliphatic rings. The second-order valence-electron chi connectivity index (χ2n) is 8.15. The number of carbonyl (C=O) groups is 1. The molecule has 1 aliphatic heterocycles. The molecule has 34 heavy (non-hydrogen) atoms. The first kappa shape index (κ1) is 26.4. The molecule has 1 saturated heterocycles. The predicted octanol–water partition coefficient (Wildman–Crippen LogP) is 2.32. The van der Waals surface area contributed by atoms with Crippen molar-refractivity contribution in [3.8, 4) is 5.75 Å². The van der Waals surface area contributed by atoms with Gasteiger partial charge in [-0.25, -0.2) is 21.1 Å². The van der Waals surface area contributed by atoms with Crippen molar-refractivity contribution in [3.63, 3.8) is 0 Å². The van der Waals surface area contributed by atoms with Crippen LogP contribution in [0.4, 0.5) is 0 Å². The van der Waals surface area contributed by atoms with E-state index in [1.807, 2.05) is 0 Å². The molecule has 0 radical (unpaired) electrons. The van der Waals surface area contributed by atoms with Crippen molar-refractivity contribution in [3.05, 3.63) is 53.1 Å². The lowest BCUT2D eigenvalue weighted by Gasteiger charge is -2.31. The molecule has 3 rings (SSSR count). The van der Waals surface area contributed by atoms with E-state index in [0.29, 0.717) is 25.1 Å². The summed E-state index contributed by atoms with van der Waals surface area (Å²) in [5.41, 5.74) is 0.735. The number of piperidine rings is 1. The Morgan fingerprint density at radius 2 is 1.76 bits per heavy atom. The first-order chi connectivity index (χ1) is 16.0. The molecule has 0 spiro atoms. The molecule has 9 nitrogen and oxygen atoms in total. The van der Waals surface area contributed by atoms with Crippen LogP contribution in [0.5, 0.6) is 5.75 Å². The van der Waals surface area contributed by atoms with Crippen LogP contribution in [0.3, 0.4) is 0 Å². The van der Waals surface area contributed by atoms with Gasteiger partial charge < -0.3 is 10.1 Å². The van der Waals surface area contributed by atoms with Crippen LogP contribution >= 0.6 is 11.6 Å². The van der Waals surface area contributed by atoms with E-state index in [-0.39, 0.29) is 33.8 Å². The predicted molar refractivity (Wildman–Crippen MR) is 129 cm³/mol. The van der Waals surface area contributed by atoms with Crippen LogP contribution in [-0.4, -0.2) is 65.6 Å². The number of methoxy groups -OCH3 is 1. The second kappa shape index (κ2) is 10.6. The zero-order valence-electron chi connectivity index (χ0n) is 19.2. The van der Waals surface area contributed by atoms with Gasteiger partial charge in [-0.3, -0.25) is 4.79 Å². The van der Waals surface area contributed by atoms with E-state index in [1.165, 1.54) is 55.8 Å². The number of hydrogen-bond donors (Lipinski definition) is 1. The number of nitrogens with zero attached hydrogens (tertiary/aromatic N) is 2. The molecule has 0 aliphatic carbocycles. The first-order valence-corrected chi connectivity index (χ1v) is 13.9. The maximum atomic E-state index is 13.1. The van der Waals surface area contributed by atoms with Gasteiger partial charge in [0.05, 0.1) is 27.8 Å². The molecule has 186 valence electrons. The normalized spacial score (nSPS) is 17.5. The van der Waals surface area contributed by atoms with E-state index in [4.69, 9.17) is 16.3 Å². The molecule has 1 amide bonds. The van der Waals surface area contributed by atoms with E-state index in [2.05, 4.69) is 5.32 Å². The summed E-state index contributed by atoms with van der Waals surface area (Å²) in [5, 5.41) is 3.02. The third kappa shape index (κ3) is 5.72. The fourth-order valence-electron chi connectivity index (χ4n) is 3.65. The van der Waals surface area contributed by atoms with Crippen molar-refractivity contribution in [1.29, 1.82) is 0 Å². The fraction of sp³-hybridized carbons (Fsp3) is 0.409. The molecule has 1 heterocycles. The number of amides is 1. The summed E-state index contributed by atoms with van der Waals surface area (Å²) in [4.78, 5) is 13.0. The zero-order chi connectivity index (χ0) is 25.1. The molecular formula is C22H28ClN3O6S2. The number of carbonyl (C=O) groups excluding carboxylic acids is 1. The summed E-state index contributed by atoms with van der Waals surface area (Å²) in [5.74, 6) is -0.368. The van der Waals surface area contributed by atoms with E-state index < -0.39 is 26.0 Å². The Hall–Kier alpha value is -2.18. The molecule has 1 N–H and O–H groups in total. The molecule has 0 bridgehead atoms. The van der Waals surface area contributed by atoms with E-state index in [0.717, 1.165) is 9.87 Å². The summed E-state index contributed by atoms with van der Waals surface area (Å²) in [7, 11) is -2.97. The van der Waals surface area contributed by atoms with Gasteiger partial charge in [-0.05, 0) is 48.7 Å². The molecule has 0 saturated carbocycles. The molecule has 2 aromatic carbocycles. The minimum atomic E-state index is -3.82. The quantitative estimate of drug-likeness (QED) is 0.561. The van der Waals surface area contributed by atoms with Crippen LogP contribution in [0.25, 0.3) is 0 Å². The number of rotatable bonds is 8. The Labute approximate surface area is 205 Å². The smallest absolute Gasteiger partial charge is 0.243 e. The average molecular weight is 530 g/mol. The third-order valence-electron chi connectivity index (χ3n) is 5.68. The molecule has 1 atom stereocenters. The summed E-state index contributed by atoms with van der Waals surface area (Å²) < 4.78 is 58.0. The largest absolute Gasteiger partial charge is 0.495 e. The van der Waals surface area contributed by atoms with Crippen LogP contribution in [0, 0.1) is 5.92 Å². The first-order valence-electron chi connectivity index (χ1n) is 10.6. The van der Waals surface area contributed by atoms with E-state index in [9.17, 15) is 21.6 Å². The number of benzene rings is 2. The highest BCUT2D eigenvalue weighted by atomic mass is 35.5. The lowest BCUT2D eigenvalue weighted by molar-refractivity contribution is -0.126. The van der Waals surface area contributed by atoms with Crippen LogP contribution < -0.4 is 10.1 Å². The van der Waals surface area contributed by atoms with Gasteiger partial charge in [0.1, 0.15) is 5.75 Å². The molecule has 1 unspecified atom stereocenters. The van der Waals surface area contributed by atoms with Crippen molar-refractivity contribution in [2.24, 2.45) is 5.92 Å². The number of ether oxygens (including phenoxy) is 1. The van der Waals surface area contributed by atoms with Gasteiger partial charge >= 0.3 is 0 Å². The summed E-state index contributed by atoms with van der Waals surface area (Å²) in [6.07, 6.45) is 1.12. The fourth-order valence-corrected chi connectivity index (χ4v) is 6.43. The molecule has 12 heteroatoms. The van der Waals surface area contributed by atoms with Crippen molar-refractivity contribution in [2.45, 2.75) is 29.2 Å². The number of hydrogen-bond acceptors (Lipinski definition) is 6. The molecule has 2 aromatic rings. The van der Waals surface area contributed by atoms with Crippen molar-refractivity contribution in [2.75, 3.05) is 34.3 Å². The van der Waals surface area contributed by atoms with Crippen LogP contribution in [0.2, 0.25) is 5.02 Å². The number of nitrogens with one attached hydrogen (secondary N) is 1. The minimum absolute atomic E-state index is 0.0483. The van der Waals surface area contributed by atoms with Gasteiger partial charge in [0, 0.05) is 33.7 Å². The Bertz CT molecular complexity index is 1250. The van der Waals surface area contributed by atoms with E-state index >= 15 is 0 Å². The highest BCUT2D eigenvalue weighted by Gasteiger charge is 2.33. The average Bonchev–Trinajstić information content (AvgIpc) is 2.82. The lowest BCUT2D eigenvalue weighted by Crippen LogP contribution is -2.45. The molecule has 1 fully saturated rings. The van der Waals surface area contributed by atoms with Crippen LogP contribution in [0.15, 0.2) is 52.3 Å². The Morgan fingerprint density at radius 3 is 2.35 bits per heavy atom. The topological polar surface area (TPSA) is 113 Å². The Kier molecular flexibility index (Phi) is 8.25. The maximum Gasteiger partial charge on any atom is 0.243 e.